The molecule has 0 spiro atoms. The normalized spacial score (nSPS) is 12.3. The Morgan fingerprint density at radius 1 is 1.57 bits per heavy atom. The Balaban J connectivity index is 2.63. The van der Waals surface area contributed by atoms with Gasteiger partial charge in [0.05, 0.1) is 11.7 Å². The second-order valence-corrected chi connectivity index (χ2v) is 3.29. The van der Waals surface area contributed by atoms with Crippen LogP contribution < -0.4 is 0 Å². The maximum atomic E-state index is 8.50. The molecule has 72 valence electrons. The van der Waals surface area contributed by atoms with E-state index in [9.17, 15) is 0 Å². The largest absolute Gasteiger partial charge is 0.410 e. The van der Waals surface area contributed by atoms with Crippen molar-refractivity contribution in [1.29, 1.82) is 0 Å². The van der Waals surface area contributed by atoms with Gasteiger partial charge in [-0.2, -0.15) is 5.10 Å². The van der Waals surface area contributed by atoms with Crippen LogP contribution in [0.25, 0.3) is 10.9 Å². The molecule has 0 unspecified atom stereocenters. The molecule has 2 rings (SSSR count). The van der Waals surface area contributed by atoms with Crippen LogP contribution in [0.5, 0.6) is 0 Å². The number of aromatic nitrogens is 2. The first-order chi connectivity index (χ1) is 6.72. The molecule has 0 saturated heterocycles. The zero-order chi connectivity index (χ0) is 10.1. The summed E-state index contributed by atoms with van der Waals surface area (Å²) >= 11 is 5.67. The number of hydrogen-bond acceptors (Lipinski definition) is 3. The van der Waals surface area contributed by atoms with Crippen LogP contribution in [0.15, 0.2) is 29.6 Å². The topological polar surface area (TPSA) is 50.4 Å². The Morgan fingerprint density at radius 3 is 3.07 bits per heavy atom. The molecule has 0 aliphatic rings. The highest BCUT2D eigenvalue weighted by molar-refractivity contribution is 6.69. The van der Waals surface area contributed by atoms with Gasteiger partial charge in [0.25, 0.3) is 0 Å². The number of hydrogen-bond donors (Lipinski definition) is 1. The van der Waals surface area contributed by atoms with Crippen molar-refractivity contribution in [2.24, 2.45) is 12.2 Å². The first-order valence-electron chi connectivity index (χ1n) is 4.02. The van der Waals surface area contributed by atoms with Gasteiger partial charge in [-0.15, -0.1) is 0 Å². The fraction of sp³-hybridized carbons (Fsp3) is 0.111. The molecule has 1 aromatic heterocycles. The average molecular weight is 210 g/mol. The summed E-state index contributed by atoms with van der Waals surface area (Å²) in [7, 11) is 1.86. The summed E-state index contributed by atoms with van der Waals surface area (Å²) in [5, 5.41) is 16.6. The number of fused-ring (bicyclic) bond motifs is 1. The van der Waals surface area contributed by atoms with Crippen molar-refractivity contribution < 1.29 is 5.21 Å². The lowest BCUT2D eigenvalue weighted by Gasteiger charge is -1.97. The van der Waals surface area contributed by atoms with Crippen molar-refractivity contribution in [1.82, 2.24) is 9.78 Å². The fourth-order valence-electron chi connectivity index (χ4n) is 1.35. The van der Waals surface area contributed by atoms with Crippen LogP contribution in [0, 0.1) is 0 Å². The Kier molecular flexibility index (Phi) is 2.13. The zero-order valence-electron chi connectivity index (χ0n) is 7.48. The fourth-order valence-corrected chi connectivity index (χ4v) is 1.47. The molecule has 14 heavy (non-hydrogen) atoms. The van der Waals surface area contributed by atoms with Crippen molar-refractivity contribution in [3.8, 4) is 0 Å². The van der Waals surface area contributed by atoms with Gasteiger partial charge >= 0.3 is 0 Å². The number of oxime groups is 1. The maximum absolute atomic E-state index is 8.50. The maximum Gasteiger partial charge on any atom is 0.175 e. The Morgan fingerprint density at radius 2 is 2.36 bits per heavy atom. The lowest BCUT2D eigenvalue weighted by Crippen LogP contribution is -1.92. The van der Waals surface area contributed by atoms with E-state index < -0.39 is 0 Å². The lowest BCUT2D eigenvalue weighted by molar-refractivity contribution is 0.321. The molecule has 1 aromatic carbocycles. The Bertz CT molecular complexity index is 504. The smallest absolute Gasteiger partial charge is 0.175 e. The molecule has 0 aliphatic carbocycles. The van der Waals surface area contributed by atoms with E-state index >= 15 is 0 Å². The molecule has 0 atom stereocenters. The molecule has 1 heterocycles. The third-order valence-electron chi connectivity index (χ3n) is 2.07. The van der Waals surface area contributed by atoms with Crippen molar-refractivity contribution in [3.63, 3.8) is 0 Å². The number of halogens is 1. The Hall–Kier alpha value is -1.55. The van der Waals surface area contributed by atoms with E-state index in [2.05, 4.69) is 10.3 Å². The molecule has 5 heteroatoms. The van der Waals surface area contributed by atoms with E-state index in [0.717, 1.165) is 10.9 Å². The van der Waals surface area contributed by atoms with Gasteiger partial charge in [-0.25, -0.2) is 0 Å². The molecular formula is C9H8ClN3O. The molecule has 0 saturated carbocycles. The second kappa shape index (κ2) is 3.31. The molecule has 2 aromatic rings. The van der Waals surface area contributed by atoms with Crippen LogP contribution >= 0.6 is 11.6 Å². The highest BCUT2D eigenvalue weighted by Gasteiger charge is 2.04. The molecule has 0 amide bonds. The predicted molar refractivity (Wildman–Crippen MR) is 54.9 cm³/mol. The van der Waals surface area contributed by atoms with Crippen LogP contribution in [0.3, 0.4) is 0 Å². The van der Waals surface area contributed by atoms with Gasteiger partial charge in [0.1, 0.15) is 0 Å². The highest BCUT2D eigenvalue weighted by Crippen LogP contribution is 2.16. The van der Waals surface area contributed by atoms with E-state index in [1.54, 1.807) is 16.9 Å². The van der Waals surface area contributed by atoms with E-state index in [4.69, 9.17) is 16.8 Å². The minimum absolute atomic E-state index is 0.0794. The predicted octanol–water partition coefficient (Wildman–Crippen LogP) is 1.95. The molecule has 0 radical (unpaired) electrons. The highest BCUT2D eigenvalue weighted by atomic mass is 35.5. The van der Waals surface area contributed by atoms with Crippen molar-refractivity contribution >= 4 is 27.7 Å². The summed E-state index contributed by atoms with van der Waals surface area (Å²) in [4.78, 5) is 0. The summed E-state index contributed by atoms with van der Waals surface area (Å²) in [6.07, 6.45) is 1.74. The van der Waals surface area contributed by atoms with Crippen molar-refractivity contribution in [2.45, 2.75) is 0 Å². The van der Waals surface area contributed by atoms with Gasteiger partial charge < -0.3 is 5.21 Å². The summed E-state index contributed by atoms with van der Waals surface area (Å²) in [6.45, 7) is 0. The summed E-state index contributed by atoms with van der Waals surface area (Å²) < 4.78 is 1.77. The SMILES string of the molecule is Cn1ncc2cc(C(Cl)=NO)ccc21. The Labute approximate surface area is 85.4 Å². The number of rotatable bonds is 1. The lowest BCUT2D eigenvalue weighted by atomic mass is 10.2. The van der Waals surface area contributed by atoms with Gasteiger partial charge in [-0.05, 0) is 18.2 Å². The second-order valence-electron chi connectivity index (χ2n) is 2.93. The third-order valence-corrected chi connectivity index (χ3v) is 2.37. The number of benzene rings is 1. The van der Waals surface area contributed by atoms with E-state index in [0.29, 0.717) is 5.56 Å². The van der Waals surface area contributed by atoms with E-state index in [-0.39, 0.29) is 5.17 Å². The first kappa shape index (κ1) is 9.02. The van der Waals surface area contributed by atoms with E-state index in [1.807, 2.05) is 19.2 Å². The minimum atomic E-state index is 0.0794. The summed E-state index contributed by atoms with van der Waals surface area (Å²) in [5.41, 5.74) is 1.69. The van der Waals surface area contributed by atoms with Crippen LogP contribution in [-0.2, 0) is 7.05 Å². The average Bonchev–Trinajstić information content (AvgIpc) is 2.59. The monoisotopic (exact) mass is 209 g/mol. The van der Waals surface area contributed by atoms with Crippen LogP contribution in [0.2, 0.25) is 0 Å². The first-order valence-corrected chi connectivity index (χ1v) is 4.40. The molecule has 0 bridgehead atoms. The third kappa shape index (κ3) is 1.33. The van der Waals surface area contributed by atoms with Crippen LogP contribution in [-0.4, -0.2) is 20.2 Å². The molecular weight excluding hydrogens is 202 g/mol. The summed E-state index contributed by atoms with van der Waals surface area (Å²) in [6, 6.07) is 5.49. The number of nitrogens with zero attached hydrogens (tertiary/aromatic N) is 3. The zero-order valence-corrected chi connectivity index (χ0v) is 8.23. The van der Waals surface area contributed by atoms with Crippen molar-refractivity contribution in [2.75, 3.05) is 0 Å². The molecule has 0 fully saturated rings. The van der Waals surface area contributed by atoms with Gasteiger partial charge in [-0.3, -0.25) is 4.68 Å². The number of aryl methyl sites for hydroxylation is 1. The van der Waals surface area contributed by atoms with Gasteiger partial charge in [-0.1, -0.05) is 16.8 Å². The van der Waals surface area contributed by atoms with Crippen LogP contribution in [0.1, 0.15) is 5.56 Å². The standard InChI is InChI=1S/C9H8ClN3O/c1-13-8-3-2-6(9(10)12-14)4-7(8)5-11-13/h2-5,14H,1H3. The summed E-state index contributed by atoms with van der Waals surface area (Å²) in [5.74, 6) is 0. The minimum Gasteiger partial charge on any atom is -0.410 e. The van der Waals surface area contributed by atoms with Gasteiger partial charge in [0, 0.05) is 18.0 Å². The van der Waals surface area contributed by atoms with Crippen LogP contribution in [0.4, 0.5) is 0 Å². The molecule has 1 N–H and O–H groups in total. The van der Waals surface area contributed by atoms with E-state index in [1.165, 1.54) is 0 Å². The quantitative estimate of drug-likeness (QED) is 0.443. The molecule has 0 aliphatic heterocycles. The van der Waals surface area contributed by atoms with Crippen molar-refractivity contribution in [3.05, 3.63) is 30.0 Å². The van der Waals surface area contributed by atoms with Gasteiger partial charge in [0.15, 0.2) is 5.17 Å². The van der Waals surface area contributed by atoms with Gasteiger partial charge in [0.2, 0.25) is 0 Å². The molecule has 4 nitrogen and oxygen atoms in total.